The molecule has 1 amide bonds. The van der Waals surface area contributed by atoms with Crippen LogP contribution in [-0.2, 0) is 14.9 Å². The third-order valence-corrected chi connectivity index (χ3v) is 4.65. The van der Waals surface area contributed by atoms with Crippen molar-refractivity contribution in [3.8, 4) is 5.75 Å². The van der Waals surface area contributed by atoms with E-state index in [2.05, 4.69) is 19.2 Å². The summed E-state index contributed by atoms with van der Waals surface area (Å²) in [5, 5.41) is 3.01. The second kappa shape index (κ2) is 9.25. The van der Waals surface area contributed by atoms with Crippen LogP contribution in [0.4, 0.5) is 0 Å². The SMILES string of the molecule is COc1ccc(C(C)(C)CNC(=O)C(N)C2CCOCC2)cc1.Cl. The Balaban J connectivity index is 0.00000288. The number of nitrogens with two attached hydrogens (primary N) is 1. The molecule has 136 valence electrons. The van der Waals surface area contributed by atoms with Gasteiger partial charge in [-0.25, -0.2) is 0 Å². The minimum Gasteiger partial charge on any atom is -0.497 e. The summed E-state index contributed by atoms with van der Waals surface area (Å²) < 4.78 is 10.5. The van der Waals surface area contributed by atoms with E-state index in [1.165, 1.54) is 0 Å². The number of halogens is 1. The van der Waals surface area contributed by atoms with E-state index in [0.29, 0.717) is 19.8 Å². The fraction of sp³-hybridized carbons (Fsp3) is 0.611. The first-order valence-electron chi connectivity index (χ1n) is 8.19. The van der Waals surface area contributed by atoms with Crippen LogP contribution in [0.15, 0.2) is 24.3 Å². The van der Waals surface area contributed by atoms with Gasteiger partial charge in [-0.2, -0.15) is 0 Å². The van der Waals surface area contributed by atoms with Crippen LogP contribution in [0.2, 0.25) is 0 Å². The molecule has 0 aromatic heterocycles. The molecule has 3 N–H and O–H groups in total. The van der Waals surface area contributed by atoms with Crippen LogP contribution in [0.5, 0.6) is 5.75 Å². The summed E-state index contributed by atoms with van der Waals surface area (Å²) in [7, 11) is 1.65. The Kier molecular flexibility index (Phi) is 8.00. The van der Waals surface area contributed by atoms with Crippen molar-refractivity contribution in [2.75, 3.05) is 26.9 Å². The van der Waals surface area contributed by atoms with Crippen molar-refractivity contribution in [2.24, 2.45) is 11.7 Å². The molecule has 5 nitrogen and oxygen atoms in total. The number of hydrogen-bond acceptors (Lipinski definition) is 4. The maximum Gasteiger partial charge on any atom is 0.237 e. The minimum absolute atomic E-state index is 0. The molecule has 1 heterocycles. The topological polar surface area (TPSA) is 73.6 Å². The Hall–Kier alpha value is -1.30. The number of nitrogens with one attached hydrogen (secondary N) is 1. The van der Waals surface area contributed by atoms with E-state index in [4.69, 9.17) is 15.2 Å². The molecule has 1 aliphatic rings. The quantitative estimate of drug-likeness (QED) is 0.820. The Morgan fingerprint density at radius 2 is 1.92 bits per heavy atom. The summed E-state index contributed by atoms with van der Waals surface area (Å²) >= 11 is 0. The summed E-state index contributed by atoms with van der Waals surface area (Å²) in [6, 6.07) is 7.48. The van der Waals surface area contributed by atoms with Gasteiger partial charge in [0.15, 0.2) is 0 Å². The summed E-state index contributed by atoms with van der Waals surface area (Å²) in [4.78, 5) is 12.3. The number of rotatable bonds is 6. The van der Waals surface area contributed by atoms with Crippen molar-refractivity contribution >= 4 is 18.3 Å². The van der Waals surface area contributed by atoms with E-state index >= 15 is 0 Å². The van der Waals surface area contributed by atoms with E-state index in [1.54, 1.807) is 7.11 Å². The Morgan fingerprint density at radius 3 is 2.46 bits per heavy atom. The average Bonchev–Trinajstić information content (AvgIpc) is 2.60. The van der Waals surface area contributed by atoms with Crippen molar-refractivity contribution < 1.29 is 14.3 Å². The normalized spacial score (nSPS) is 16.8. The van der Waals surface area contributed by atoms with Crippen LogP contribution in [-0.4, -0.2) is 38.8 Å². The molecule has 0 saturated carbocycles. The molecule has 6 heteroatoms. The fourth-order valence-electron chi connectivity index (χ4n) is 2.86. The number of carbonyl (C=O) groups excluding carboxylic acids is 1. The molecular formula is C18H29ClN2O3. The highest BCUT2D eigenvalue weighted by molar-refractivity contribution is 5.85. The molecule has 1 unspecified atom stereocenters. The van der Waals surface area contributed by atoms with Gasteiger partial charge in [-0.15, -0.1) is 12.4 Å². The lowest BCUT2D eigenvalue weighted by molar-refractivity contribution is -0.124. The van der Waals surface area contributed by atoms with Crippen LogP contribution in [0.1, 0.15) is 32.3 Å². The van der Waals surface area contributed by atoms with Gasteiger partial charge in [0, 0.05) is 25.2 Å². The number of ether oxygens (including phenoxy) is 2. The third-order valence-electron chi connectivity index (χ3n) is 4.65. The van der Waals surface area contributed by atoms with E-state index in [-0.39, 0.29) is 29.6 Å². The first-order chi connectivity index (χ1) is 10.9. The first-order valence-corrected chi connectivity index (χ1v) is 8.19. The predicted molar refractivity (Wildman–Crippen MR) is 97.8 cm³/mol. The molecule has 1 saturated heterocycles. The molecule has 24 heavy (non-hydrogen) atoms. The highest BCUT2D eigenvalue weighted by Crippen LogP contribution is 2.25. The largest absolute Gasteiger partial charge is 0.497 e. The van der Waals surface area contributed by atoms with Gasteiger partial charge in [-0.3, -0.25) is 4.79 Å². The number of benzene rings is 1. The number of carbonyl (C=O) groups is 1. The second-order valence-corrected chi connectivity index (χ2v) is 6.81. The zero-order valence-corrected chi connectivity index (χ0v) is 15.5. The summed E-state index contributed by atoms with van der Waals surface area (Å²) in [6.45, 7) is 6.16. The lowest BCUT2D eigenvalue weighted by Crippen LogP contribution is -2.49. The molecule has 0 aliphatic carbocycles. The van der Waals surface area contributed by atoms with Crippen molar-refractivity contribution in [3.05, 3.63) is 29.8 Å². The molecule has 0 spiro atoms. The zero-order chi connectivity index (χ0) is 16.9. The van der Waals surface area contributed by atoms with Crippen molar-refractivity contribution in [1.29, 1.82) is 0 Å². The highest BCUT2D eigenvalue weighted by Gasteiger charge is 2.28. The number of methoxy groups -OCH3 is 1. The van der Waals surface area contributed by atoms with E-state index in [0.717, 1.165) is 24.2 Å². The van der Waals surface area contributed by atoms with E-state index < -0.39 is 6.04 Å². The van der Waals surface area contributed by atoms with Crippen LogP contribution >= 0.6 is 12.4 Å². The molecule has 1 aromatic carbocycles. The minimum atomic E-state index is -0.453. The van der Waals surface area contributed by atoms with Gasteiger partial charge < -0.3 is 20.5 Å². The standard InChI is InChI=1S/C18H28N2O3.ClH/c1-18(2,14-4-6-15(22-3)7-5-14)12-20-17(21)16(19)13-8-10-23-11-9-13;/h4-7,13,16H,8-12,19H2,1-3H3,(H,20,21);1H. The van der Waals surface area contributed by atoms with Gasteiger partial charge in [-0.05, 0) is 36.5 Å². The van der Waals surface area contributed by atoms with Crippen LogP contribution in [0.3, 0.4) is 0 Å². The van der Waals surface area contributed by atoms with Gasteiger partial charge in [-0.1, -0.05) is 26.0 Å². The van der Waals surface area contributed by atoms with Gasteiger partial charge in [0.25, 0.3) is 0 Å². The summed E-state index contributed by atoms with van der Waals surface area (Å²) in [5.74, 6) is 0.974. The first kappa shape index (κ1) is 20.7. The summed E-state index contributed by atoms with van der Waals surface area (Å²) in [6.07, 6.45) is 1.72. The van der Waals surface area contributed by atoms with Crippen molar-refractivity contribution in [3.63, 3.8) is 0 Å². The van der Waals surface area contributed by atoms with Crippen molar-refractivity contribution in [1.82, 2.24) is 5.32 Å². The van der Waals surface area contributed by atoms with Crippen LogP contribution in [0.25, 0.3) is 0 Å². The van der Waals surface area contributed by atoms with Crippen LogP contribution in [0, 0.1) is 5.92 Å². The summed E-state index contributed by atoms with van der Waals surface area (Å²) in [5.41, 5.74) is 7.10. The van der Waals surface area contributed by atoms with E-state index in [9.17, 15) is 4.79 Å². The molecule has 0 radical (unpaired) electrons. The molecular weight excluding hydrogens is 328 g/mol. The van der Waals surface area contributed by atoms with Gasteiger partial charge >= 0.3 is 0 Å². The maximum atomic E-state index is 12.3. The third kappa shape index (κ3) is 5.36. The molecule has 1 atom stereocenters. The maximum absolute atomic E-state index is 12.3. The zero-order valence-electron chi connectivity index (χ0n) is 14.7. The molecule has 1 aromatic rings. The van der Waals surface area contributed by atoms with Gasteiger partial charge in [0.05, 0.1) is 13.2 Å². The van der Waals surface area contributed by atoms with Crippen molar-refractivity contribution in [2.45, 2.75) is 38.1 Å². The lowest BCUT2D eigenvalue weighted by atomic mass is 9.84. The number of hydrogen-bond donors (Lipinski definition) is 2. The number of amides is 1. The fourth-order valence-corrected chi connectivity index (χ4v) is 2.86. The average molecular weight is 357 g/mol. The van der Waals surface area contributed by atoms with Gasteiger partial charge in [0.2, 0.25) is 5.91 Å². The molecule has 1 aliphatic heterocycles. The Labute approximate surface area is 150 Å². The smallest absolute Gasteiger partial charge is 0.237 e. The Bertz CT molecular complexity index is 514. The molecule has 0 bridgehead atoms. The van der Waals surface area contributed by atoms with E-state index in [1.807, 2.05) is 24.3 Å². The lowest BCUT2D eigenvalue weighted by Gasteiger charge is -2.29. The molecule has 1 fully saturated rings. The Morgan fingerprint density at radius 1 is 1.33 bits per heavy atom. The van der Waals surface area contributed by atoms with Gasteiger partial charge in [0.1, 0.15) is 5.75 Å². The highest BCUT2D eigenvalue weighted by atomic mass is 35.5. The second-order valence-electron chi connectivity index (χ2n) is 6.81. The monoisotopic (exact) mass is 356 g/mol. The molecule has 2 rings (SSSR count). The van der Waals surface area contributed by atoms with Crippen LogP contribution < -0.4 is 15.8 Å². The predicted octanol–water partition coefficient (Wildman–Crippen LogP) is 2.26.